The van der Waals surface area contributed by atoms with E-state index in [1.54, 1.807) is 0 Å². The maximum absolute atomic E-state index is 10.8. The van der Waals surface area contributed by atoms with Crippen LogP contribution in [0.25, 0.3) is 82.1 Å². The lowest BCUT2D eigenvalue weighted by Gasteiger charge is -2.16. The van der Waals surface area contributed by atoms with E-state index in [1.807, 2.05) is 84.9 Å². The molecule has 2 heterocycles. The Morgan fingerprint density at radius 3 is 1.74 bits per heavy atom. The molecule has 0 N–H and O–H groups in total. The smallest absolute Gasteiger partial charge is 0.188 e. The summed E-state index contributed by atoms with van der Waals surface area (Å²) in [4.78, 5) is 3.69. The van der Waals surface area contributed by atoms with Gasteiger partial charge in [0.2, 0.25) is 0 Å². The van der Waals surface area contributed by atoms with Gasteiger partial charge in [-0.1, -0.05) is 91.0 Å². The third kappa shape index (κ3) is 4.31. The Morgan fingerprint density at radius 1 is 0.460 bits per heavy atom. The molecule has 0 spiro atoms. The predicted octanol–water partition coefficient (Wildman–Crippen LogP) is 11.5. The molecule has 2 aromatic heterocycles. The number of benzene rings is 7. The molecule has 0 aliphatic rings. The number of rotatable bonds is 4. The van der Waals surface area contributed by atoms with Gasteiger partial charge < -0.3 is 9.13 Å². The second-order valence-corrected chi connectivity index (χ2v) is 12.3. The van der Waals surface area contributed by atoms with Gasteiger partial charge in [-0.15, -0.1) is 0 Å². The molecule has 230 valence electrons. The van der Waals surface area contributed by atoms with Crippen LogP contribution in [0, 0.1) is 29.2 Å². The number of nitriles is 2. The minimum Gasteiger partial charge on any atom is -0.309 e. The number of aromatic nitrogens is 2. The van der Waals surface area contributed by atoms with Crippen LogP contribution in [0.2, 0.25) is 0 Å². The second kappa shape index (κ2) is 11.4. The molecule has 0 aliphatic carbocycles. The highest BCUT2D eigenvalue weighted by Gasteiger charge is 2.19. The van der Waals surface area contributed by atoms with Crippen molar-refractivity contribution in [2.75, 3.05) is 0 Å². The minimum atomic E-state index is 0.572. The van der Waals surface area contributed by atoms with Crippen LogP contribution in [0.1, 0.15) is 11.1 Å². The van der Waals surface area contributed by atoms with Crippen molar-refractivity contribution in [3.05, 3.63) is 174 Å². The van der Waals surface area contributed by atoms with Crippen molar-refractivity contribution in [2.45, 2.75) is 0 Å². The molecule has 0 fully saturated rings. The first-order valence-corrected chi connectivity index (χ1v) is 16.3. The highest BCUT2D eigenvalue weighted by atomic mass is 15.0. The number of hydrogen-bond acceptors (Lipinski definition) is 2. The molecule has 9 rings (SSSR count). The van der Waals surface area contributed by atoms with Gasteiger partial charge in [0.25, 0.3) is 0 Å². The average Bonchev–Trinajstić information content (AvgIpc) is 3.69. The third-order valence-corrected chi connectivity index (χ3v) is 9.61. The fourth-order valence-corrected chi connectivity index (χ4v) is 7.44. The van der Waals surface area contributed by atoms with Gasteiger partial charge in [0, 0.05) is 27.3 Å². The van der Waals surface area contributed by atoms with E-state index in [4.69, 9.17) is 6.57 Å². The first-order valence-electron chi connectivity index (χ1n) is 16.3. The Labute approximate surface area is 288 Å². The van der Waals surface area contributed by atoms with Crippen molar-refractivity contribution >= 4 is 49.3 Å². The monoisotopic (exact) mass is 635 g/mol. The van der Waals surface area contributed by atoms with Gasteiger partial charge in [0.05, 0.1) is 57.2 Å². The molecule has 5 heteroatoms. The van der Waals surface area contributed by atoms with E-state index in [0.717, 1.165) is 77.2 Å². The number of para-hydroxylation sites is 3. The summed E-state index contributed by atoms with van der Waals surface area (Å²) in [6, 6.07) is 55.6. The SMILES string of the molecule is [C-]#[N+]c1ccc2c(c1)c1ccccc1n2-c1ccccc1-c1cccc(-c2cccc(-n3c4ccccc4c4cc(C#N)ccc43)c2C#N)c1. The van der Waals surface area contributed by atoms with E-state index in [2.05, 4.69) is 92.8 Å². The molecule has 0 saturated carbocycles. The zero-order valence-electron chi connectivity index (χ0n) is 26.7. The maximum Gasteiger partial charge on any atom is 0.188 e. The normalized spacial score (nSPS) is 11.1. The summed E-state index contributed by atoms with van der Waals surface area (Å²) in [5, 5.41) is 24.5. The van der Waals surface area contributed by atoms with E-state index in [0.29, 0.717) is 16.8 Å². The van der Waals surface area contributed by atoms with Crippen molar-refractivity contribution in [3.63, 3.8) is 0 Å². The predicted molar refractivity (Wildman–Crippen MR) is 202 cm³/mol. The Balaban J connectivity index is 1.23. The van der Waals surface area contributed by atoms with Crippen LogP contribution in [-0.2, 0) is 0 Å². The zero-order valence-corrected chi connectivity index (χ0v) is 26.7. The maximum atomic E-state index is 10.8. The van der Waals surface area contributed by atoms with Crippen molar-refractivity contribution in [1.82, 2.24) is 9.13 Å². The first-order chi connectivity index (χ1) is 24.7. The number of fused-ring (bicyclic) bond motifs is 6. The van der Waals surface area contributed by atoms with Gasteiger partial charge in [-0.2, -0.15) is 10.5 Å². The second-order valence-electron chi connectivity index (χ2n) is 12.3. The van der Waals surface area contributed by atoms with E-state index in [9.17, 15) is 10.5 Å². The minimum absolute atomic E-state index is 0.572. The summed E-state index contributed by atoms with van der Waals surface area (Å²) >= 11 is 0. The fourth-order valence-electron chi connectivity index (χ4n) is 7.44. The quantitative estimate of drug-likeness (QED) is 0.181. The molecule has 9 aromatic rings. The Morgan fingerprint density at radius 2 is 1.02 bits per heavy atom. The lowest BCUT2D eigenvalue weighted by Crippen LogP contribution is -2.00. The summed E-state index contributed by atoms with van der Waals surface area (Å²) in [5.41, 5.74) is 11.5. The van der Waals surface area contributed by atoms with Crippen molar-refractivity contribution in [2.24, 2.45) is 0 Å². The lowest BCUT2D eigenvalue weighted by molar-refractivity contribution is 1.17. The Bertz CT molecular complexity index is 2970. The molecule has 0 amide bonds. The summed E-state index contributed by atoms with van der Waals surface area (Å²) in [5.74, 6) is 0. The van der Waals surface area contributed by atoms with Crippen LogP contribution in [-0.4, -0.2) is 9.13 Å². The summed E-state index contributed by atoms with van der Waals surface area (Å²) < 4.78 is 4.41. The number of nitrogens with zero attached hydrogens (tertiary/aromatic N) is 5. The molecular weight excluding hydrogens is 611 g/mol. The molecule has 0 bridgehead atoms. The molecule has 0 aliphatic heterocycles. The van der Waals surface area contributed by atoms with Crippen LogP contribution in [0.4, 0.5) is 5.69 Å². The first kappa shape index (κ1) is 28.8. The van der Waals surface area contributed by atoms with Gasteiger partial charge in [0.15, 0.2) is 5.69 Å². The Hall–Kier alpha value is -7.39. The molecule has 50 heavy (non-hydrogen) atoms. The highest BCUT2D eigenvalue weighted by molar-refractivity contribution is 6.11. The summed E-state index contributed by atoms with van der Waals surface area (Å²) in [6.45, 7) is 7.59. The van der Waals surface area contributed by atoms with Crippen LogP contribution >= 0.6 is 0 Å². The van der Waals surface area contributed by atoms with E-state index in [-0.39, 0.29) is 0 Å². The topological polar surface area (TPSA) is 61.8 Å². The standard InChI is InChI=1S/C45H25N5/c1-48-32-21-23-45-38(26-32)36-14-4-7-18-42(36)49(45)40-16-5-2-12-34(40)31-11-8-10-30(25-31)33-15-9-19-43(39(33)28-47)50-41-17-6-3-13-35(41)37-24-29(27-46)20-22-44(37)50/h2-26H. The van der Waals surface area contributed by atoms with Crippen LogP contribution < -0.4 is 0 Å². The molecule has 5 nitrogen and oxygen atoms in total. The van der Waals surface area contributed by atoms with Crippen molar-refractivity contribution < 1.29 is 0 Å². The molecule has 0 atom stereocenters. The van der Waals surface area contributed by atoms with E-state index >= 15 is 0 Å². The Kier molecular flexibility index (Phi) is 6.56. The largest absolute Gasteiger partial charge is 0.309 e. The number of hydrogen-bond donors (Lipinski definition) is 0. The van der Waals surface area contributed by atoms with E-state index in [1.165, 1.54) is 0 Å². The summed E-state index contributed by atoms with van der Waals surface area (Å²) in [6.07, 6.45) is 0. The molecule has 0 radical (unpaired) electrons. The zero-order chi connectivity index (χ0) is 33.8. The molecule has 0 saturated heterocycles. The van der Waals surface area contributed by atoms with Crippen molar-refractivity contribution in [3.8, 4) is 45.8 Å². The average molecular weight is 636 g/mol. The van der Waals surface area contributed by atoms with Gasteiger partial charge >= 0.3 is 0 Å². The van der Waals surface area contributed by atoms with Gasteiger partial charge in [0.1, 0.15) is 6.07 Å². The molecule has 7 aromatic carbocycles. The fraction of sp³-hybridized carbons (Fsp3) is 0. The highest BCUT2D eigenvalue weighted by Crippen LogP contribution is 2.40. The van der Waals surface area contributed by atoms with Crippen LogP contribution in [0.15, 0.2) is 152 Å². The molecule has 0 unspecified atom stereocenters. The van der Waals surface area contributed by atoms with Gasteiger partial charge in [-0.3, -0.25) is 0 Å². The van der Waals surface area contributed by atoms with Crippen molar-refractivity contribution in [1.29, 1.82) is 10.5 Å². The summed E-state index contributed by atoms with van der Waals surface area (Å²) in [7, 11) is 0. The lowest BCUT2D eigenvalue weighted by atomic mass is 9.94. The van der Waals surface area contributed by atoms with Gasteiger partial charge in [-0.25, -0.2) is 4.85 Å². The molecular formula is C45H25N5. The van der Waals surface area contributed by atoms with Crippen LogP contribution in [0.3, 0.4) is 0 Å². The van der Waals surface area contributed by atoms with E-state index < -0.39 is 0 Å². The van der Waals surface area contributed by atoms with Crippen LogP contribution in [0.5, 0.6) is 0 Å². The third-order valence-electron chi connectivity index (χ3n) is 9.61. The van der Waals surface area contributed by atoms with Gasteiger partial charge in [-0.05, 0) is 77.2 Å².